The van der Waals surface area contributed by atoms with E-state index in [9.17, 15) is 18.0 Å². The highest BCUT2D eigenvalue weighted by Crippen LogP contribution is 2.28. The predicted molar refractivity (Wildman–Crippen MR) is 156 cm³/mol. The van der Waals surface area contributed by atoms with Gasteiger partial charge < -0.3 is 10.2 Å². The molecule has 0 fully saturated rings. The predicted octanol–water partition coefficient (Wildman–Crippen LogP) is 5.22. The van der Waals surface area contributed by atoms with Gasteiger partial charge in [-0.25, -0.2) is 8.42 Å². The fourth-order valence-electron chi connectivity index (χ4n) is 4.52. The third-order valence-corrected chi connectivity index (χ3v) is 8.42. The monoisotopic (exact) mass is 549 g/mol. The molecule has 7 nitrogen and oxygen atoms in total. The number of carbonyl (C=O) groups is 2. The molecule has 39 heavy (non-hydrogen) atoms. The van der Waals surface area contributed by atoms with Crippen molar-refractivity contribution < 1.29 is 18.0 Å². The van der Waals surface area contributed by atoms with E-state index in [0.29, 0.717) is 18.7 Å². The van der Waals surface area contributed by atoms with Crippen LogP contribution in [-0.4, -0.2) is 44.3 Å². The molecule has 0 saturated carbocycles. The first kappa shape index (κ1) is 29.9. The average Bonchev–Trinajstić information content (AvgIpc) is 2.93. The molecule has 3 aromatic rings. The third-order valence-electron chi connectivity index (χ3n) is 6.64. The molecule has 0 aliphatic carbocycles. The van der Waals surface area contributed by atoms with Crippen molar-refractivity contribution >= 4 is 27.5 Å². The van der Waals surface area contributed by atoms with Crippen molar-refractivity contribution in [1.29, 1.82) is 0 Å². The number of nitrogens with one attached hydrogen (secondary N) is 1. The van der Waals surface area contributed by atoms with E-state index in [1.54, 1.807) is 24.3 Å². The van der Waals surface area contributed by atoms with Crippen molar-refractivity contribution in [2.45, 2.75) is 64.4 Å². The quantitative estimate of drug-likeness (QED) is 0.296. The molecule has 0 aromatic heterocycles. The molecule has 0 spiro atoms. The molecule has 0 aliphatic rings. The van der Waals surface area contributed by atoms with E-state index in [4.69, 9.17) is 0 Å². The van der Waals surface area contributed by atoms with Crippen molar-refractivity contribution in [1.82, 2.24) is 10.2 Å². The number of benzene rings is 3. The van der Waals surface area contributed by atoms with Crippen LogP contribution in [0, 0.1) is 13.8 Å². The van der Waals surface area contributed by atoms with Gasteiger partial charge >= 0.3 is 0 Å². The van der Waals surface area contributed by atoms with E-state index < -0.39 is 28.5 Å². The van der Waals surface area contributed by atoms with Crippen molar-refractivity contribution in [2.24, 2.45) is 0 Å². The van der Waals surface area contributed by atoms with Crippen molar-refractivity contribution in [2.75, 3.05) is 17.4 Å². The lowest BCUT2D eigenvalue weighted by molar-refractivity contribution is -0.140. The Bertz CT molecular complexity index is 1340. The summed E-state index contributed by atoms with van der Waals surface area (Å²) in [7, 11) is -4.08. The number of hydrogen-bond acceptors (Lipinski definition) is 4. The summed E-state index contributed by atoms with van der Waals surface area (Å²) in [5, 5.41) is 2.95. The Balaban J connectivity index is 2.04. The second-order valence-electron chi connectivity index (χ2n) is 9.69. The summed E-state index contributed by atoms with van der Waals surface area (Å²) in [5.74, 6) is -0.685. The Morgan fingerprint density at radius 1 is 0.897 bits per heavy atom. The Morgan fingerprint density at radius 2 is 1.54 bits per heavy atom. The molecule has 0 saturated heterocycles. The number of unbranched alkanes of at least 4 members (excludes halogenated alkanes) is 1. The summed E-state index contributed by atoms with van der Waals surface area (Å²) in [5.41, 5.74) is 3.01. The molecule has 2 amide bonds. The minimum Gasteiger partial charge on any atom is -0.354 e. The smallest absolute Gasteiger partial charge is 0.264 e. The number of carbonyl (C=O) groups excluding carboxylic acids is 2. The highest BCUT2D eigenvalue weighted by molar-refractivity contribution is 7.92. The zero-order valence-corrected chi connectivity index (χ0v) is 24.1. The summed E-state index contributed by atoms with van der Waals surface area (Å²) in [6, 6.07) is 22.2. The van der Waals surface area contributed by atoms with Gasteiger partial charge in [-0.05, 0) is 56.0 Å². The lowest BCUT2D eigenvalue weighted by Crippen LogP contribution is -2.52. The van der Waals surface area contributed by atoms with E-state index in [-0.39, 0.29) is 17.3 Å². The van der Waals surface area contributed by atoms with Gasteiger partial charge in [0, 0.05) is 13.1 Å². The molecular formula is C31H39N3O4S. The van der Waals surface area contributed by atoms with E-state index in [1.807, 2.05) is 70.2 Å². The maximum Gasteiger partial charge on any atom is 0.264 e. The number of aryl methyl sites for hydroxylation is 2. The molecule has 8 heteroatoms. The summed E-state index contributed by atoms with van der Waals surface area (Å²) >= 11 is 0. The number of rotatable bonds is 13. The summed E-state index contributed by atoms with van der Waals surface area (Å²) < 4.78 is 29.0. The van der Waals surface area contributed by atoms with Crippen LogP contribution in [0.1, 0.15) is 49.8 Å². The van der Waals surface area contributed by atoms with Gasteiger partial charge in [-0.1, -0.05) is 86.5 Å². The van der Waals surface area contributed by atoms with Crippen LogP contribution in [0.5, 0.6) is 0 Å². The average molecular weight is 550 g/mol. The van der Waals surface area contributed by atoms with Crippen LogP contribution in [0.2, 0.25) is 0 Å². The molecule has 3 rings (SSSR count). The van der Waals surface area contributed by atoms with Gasteiger partial charge in [-0.3, -0.25) is 13.9 Å². The summed E-state index contributed by atoms with van der Waals surface area (Å²) in [6.07, 6.45) is 2.17. The second kappa shape index (κ2) is 13.9. The van der Waals surface area contributed by atoms with Crippen LogP contribution in [-0.2, 0) is 26.2 Å². The normalized spacial score (nSPS) is 12.0. The first-order chi connectivity index (χ1) is 18.7. The standard InChI is InChI=1S/C31H39N3O4S/c1-5-7-20-32-31(36)28(6-2)33(22-26-14-10-8-11-15-26)30(35)23-34(29-19-18-24(3)21-25(29)4)39(37,38)27-16-12-9-13-17-27/h8-19,21,28H,5-7,20,22-23H2,1-4H3,(H,32,36)/t28-/m1/s1. The molecule has 0 unspecified atom stereocenters. The highest BCUT2D eigenvalue weighted by Gasteiger charge is 2.34. The Labute approximate surface area is 232 Å². The van der Waals surface area contributed by atoms with E-state index in [2.05, 4.69) is 5.32 Å². The van der Waals surface area contributed by atoms with E-state index >= 15 is 0 Å². The van der Waals surface area contributed by atoms with Gasteiger partial charge in [-0.15, -0.1) is 0 Å². The van der Waals surface area contributed by atoms with Gasteiger partial charge in [0.25, 0.3) is 10.0 Å². The number of amides is 2. The maximum atomic E-state index is 14.1. The zero-order chi connectivity index (χ0) is 28.4. The molecule has 3 aromatic carbocycles. The van der Waals surface area contributed by atoms with Crippen LogP contribution in [0.3, 0.4) is 0 Å². The molecule has 208 valence electrons. The summed E-state index contributed by atoms with van der Waals surface area (Å²) in [4.78, 5) is 28.9. The SMILES string of the molecule is CCCCNC(=O)[C@@H](CC)N(Cc1ccccc1)C(=O)CN(c1ccc(C)cc1C)S(=O)(=O)c1ccccc1. The largest absolute Gasteiger partial charge is 0.354 e. The number of hydrogen-bond donors (Lipinski definition) is 1. The van der Waals surface area contributed by atoms with E-state index in [1.165, 1.54) is 21.3 Å². The highest BCUT2D eigenvalue weighted by atomic mass is 32.2. The first-order valence-electron chi connectivity index (χ1n) is 13.4. The van der Waals surface area contributed by atoms with Gasteiger partial charge in [0.2, 0.25) is 11.8 Å². The summed E-state index contributed by atoms with van der Waals surface area (Å²) in [6.45, 7) is 7.94. The van der Waals surface area contributed by atoms with Gasteiger partial charge in [0.1, 0.15) is 12.6 Å². The molecule has 0 bridgehead atoms. The van der Waals surface area contributed by atoms with Gasteiger partial charge in [-0.2, -0.15) is 0 Å². The van der Waals surface area contributed by atoms with Crippen LogP contribution in [0.25, 0.3) is 0 Å². The van der Waals surface area contributed by atoms with Crippen LogP contribution in [0.4, 0.5) is 5.69 Å². The Kier molecular flexibility index (Phi) is 10.7. The van der Waals surface area contributed by atoms with Crippen LogP contribution < -0.4 is 9.62 Å². The molecule has 1 atom stereocenters. The molecular weight excluding hydrogens is 510 g/mol. The first-order valence-corrected chi connectivity index (χ1v) is 14.9. The molecule has 0 radical (unpaired) electrons. The van der Waals surface area contributed by atoms with Crippen molar-refractivity contribution in [3.8, 4) is 0 Å². The fourth-order valence-corrected chi connectivity index (χ4v) is 6.02. The zero-order valence-electron chi connectivity index (χ0n) is 23.3. The van der Waals surface area contributed by atoms with E-state index in [0.717, 1.165) is 29.5 Å². The Hall–Kier alpha value is -3.65. The van der Waals surface area contributed by atoms with Crippen molar-refractivity contribution in [3.63, 3.8) is 0 Å². The van der Waals surface area contributed by atoms with Crippen LogP contribution >= 0.6 is 0 Å². The maximum absolute atomic E-state index is 14.1. The Morgan fingerprint density at radius 3 is 2.13 bits per heavy atom. The number of sulfonamides is 1. The van der Waals surface area contributed by atoms with Crippen LogP contribution in [0.15, 0.2) is 83.8 Å². The third kappa shape index (κ3) is 7.69. The molecule has 0 aliphatic heterocycles. The lowest BCUT2D eigenvalue weighted by atomic mass is 10.1. The second-order valence-corrected chi connectivity index (χ2v) is 11.6. The van der Waals surface area contributed by atoms with Gasteiger partial charge in [0.05, 0.1) is 10.6 Å². The van der Waals surface area contributed by atoms with Gasteiger partial charge in [0.15, 0.2) is 0 Å². The molecule has 0 heterocycles. The lowest BCUT2D eigenvalue weighted by Gasteiger charge is -2.33. The minimum atomic E-state index is -4.08. The molecule has 1 N–H and O–H groups in total. The van der Waals surface area contributed by atoms with Crippen molar-refractivity contribution in [3.05, 3.63) is 95.6 Å². The topological polar surface area (TPSA) is 86.8 Å². The minimum absolute atomic E-state index is 0.0942. The number of nitrogens with zero attached hydrogens (tertiary/aromatic N) is 2. The number of anilines is 1. The fraction of sp³-hybridized carbons (Fsp3) is 0.355.